The van der Waals surface area contributed by atoms with Crippen molar-refractivity contribution in [3.05, 3.63) is 69.2 Å². The fraction of sp³-hybridized carbons (Fsp3) is 0.360. The normalized spacial score (nSPS) is 20.7. The van der Waals surface area contributed by atoms with E-state index in [-0.39, 0.29) is 11.3 Å². The molecule has 1 atom stereocenters. The summed E-state index contributed by atoms with van der Waals surface area (Å²) in [6.45, 7) is 4.15. The van der Waals surface area contributed by atoms with Crippen molar-refractivity contribution in [1.29, 1.82) is 0 Å². The van der Waals surface area contributed by atoms with Crippen LogP contribution in [0.25, 0.3) is 5.76 Å². The molecule has 0 aliphatic carbocycles. The van der Waals surface area contributed by atoms with Gasteiger partial charge in [0.25, 0.3) is 11.7 Å². The van der Waals surface area contributed by atoms with Crippen LogP contribution in [-0.2, 0) is 14.3 Å². The van der Waals surface area contributed by atoms with Crippen LogP contribution < -0.4 is 4.74 Å². The van der Waals surface area contributed by atoms with E-state index in [2.05, 4.69) is 4.90 Å². The molecule has 1 amide bonds. The van der Waals surface area contributed by atoms with Crippen LogP contribution >= 0.6 is 23.2 Å². The molecule has 2 aromatic carbocycles. The predicted molar refractivity (Wildman–Crippen MR) is 130 cm³/mol. The summed E-state index contributed by atoms with van der Waals surface area (Å²) in [4.78, 5) is 30.0. The van der Waals surface area contributed by atoms with Crippen LogP contribution in [0.5, 0.6) is 5.75 Å². The van der Waals surface area contributed by atoms with Crippen molar-refractivity contribution in [2.24, 2.45) is 0 Å². The molecule has 2 aliphatic rings. The number of nitrogens with zero attached hydrogens (tertiary/aromatic N) is 2. The standard InChI is InChI=1S/C25H26Cl2N2O5/c1-33-18-6-3-16(4-7-18)23(30)21-22(19-8-5-17(26)15-20(19)27)29(25(32)24(21)31)10-2-9-28-11-13-34-14-12-28/h3-8,15,22,30H,2,9-14H2,1H3/b23-21-. The van der Waals surface area contributed by atoms with Crippen molar-refractivity contribution in [2.75, 3.05) is 46.5 Å². The lowest BCUT2D eigenvalue weighted by Gasteiger charge is -2.29. The zero-order valence-corrected chi connectivity index (χ0v) is 20.3. The molecule has 7 nitrogen and oxygen atoms in total. The van der Waals surface area contributed by atoms with E-state index in [0.29, 0.717) is 53.1 Å². The number of aliphatic hydroxyl groups is 1. The van der Waals surface area contributed by atoms with Gasteiger partial charge < -0.3 is 19.5 Å². The Hall–Kier alpha value is -2.58. The molecule has 0 saturated carbocycles. The molecule has 4 rings (SSSR count). The Kier molecular flexibility index (Phi) is 7.78. The number of morpholine rings is 1. The van der Waals surface area contributed by atoms with Crippen LogP contribution in [0.3, 0.4) is 0 Å². The number of ketones is 1. The van der Waals surface area contributed by atoms with Crippen LogP contribution in [0.1, 0.15) is 23.6 Å². The largest absolute Gasteiger partial charge is 0.507 e. The van der Waals surface area contributed by atoms with Crippen LogP contribution in [0.15, 0.2) is 48.0 Å². The second-order valence-electron chi connectivity index (χ2n) is 8.19. The molecule has 2 saturated heterocycles. The van der Waals surface area contributed by atoms with E-state index in [4.69, 9.17) is 32.7 Å². The topological polar surface area (TPSA) is 79.3 Å². The molecule has 0 radical (unpaired) electrons. The van der Waals surface area contributed by atoms with Crippen molar-refractivity contribution < 1.29 is 24.2 Å². The van der Waals surface area contributed by atoms with Crippen LogP contribution in [0.4, 0.5) is 0 Å². The van der Waals surface area contributed by atoms with Gasteiger partial charge in [0.05, 0.1) is 31.9 Å². The van der Waals surface area contributed by atoms with Gasteiger partial charge in [-0.2, -0.15) is 0 Å². The van der Waals surface area contributed by atoms with E-state index < -0.39 is 17.7 Å². The lowest BCUT2D eigenvalue weighted by Crippen LogP contribution is -2.39. The van der Waals surface area contributed by atoms with Crippen LogP contribution in [-0.4, -0.2) is 73.1 Å². The number of carbonyl (C=O) groups is 2. The molecule has 34 heavy (non-hydrogen) atoms. The van der Waals surface area contributed by atoms with Crippen LogP contribution in [0, 0.1) is 0 Å². The highest BCUT2D eigenvalue weighted by atomic mass is 35.5. The third kappa shape index (κ3) is 5.08. The summed E-state index contributed by atoms with van der Waals surface area (Å²) in [6.07, 6.45) is 0.664. The van der Waals surface area contributed by atoms with Gasteiger partial charge in [-0.05, 0) is 48.4 Å². The average Bonchev–Trinajstić information content (AvgIpc) is 3.09. The maximum Gasteiger partial charge on any atom is 0.295 e. The van der Waals surface area contributed by atoms with Gasteiger partial charge in [0.1, 0.15) is 11.5 Å². The van der Waals surface area contributed by atoms with Crippen molar-refractivity contribution in [3.8, 4) is 5.75 Å². The zero-order chi connectivity index (χ0) is 24.2. The summed E-state index contributed by atoms with van der Waals surface area (Å²) in [5.41, 5.74) is 0.944. The molecule has 1 unspecified atom stereocenters. The maximum absolute atomic E-state index is 13.2. The molecular formula is C25H26Cl2N2O5. The van der Waals surface area contributed by atoms with E-state index in [1.165, 1.54) is 4.90 Å². The number of hydrogen-bond acceptors (Lipinski definition) is 6. The smallest absolute Gasteiger partial charge is 0.295 e. The molecular weight excluding hydrogens is 479 g/mol. The van der Waals surface area contributed by atoms with Gasteiger partial charge in [-0.1, -0.05) is 29.3 Å². The summed E-state index contributed by atoms with van der Waals surface area (Å²) in [6, 6.07) is 10.7. The fourth-order valence-corrected chi connectivity index (χ4v) is 4.86. The Labute approximate surface area is 208 Å². The van der Waals surface area contributed by atoms with Crippen molar-refractivity contribution in [3.63, 3.8) is 0 Å². The molecule has 9 heteroatoms. The number of amides is 1. The molecule has 180 valence electrons. The minimum atomic E-state index is -0.823. The quantitative estimate of drug-likeness (QED) is 0.346. The van der Waals surface area contributed by atoms with Gasteiger partial charge in [-0.3, -0.25) is 14.5 Å². The van der Waals surface area contributed by atoms with Gasteiger partial charge in [0.15, 0.2) is 0 Å². The monoisotopic (exact) mass is 504 g/mol. The maximum atomic E-state index is 13.2. The number of likely N-dealkylation sites (tertiary alicyclic amines) is 1. The van der Waals surface area contributed by atoms with E-state index in [9.17, 15) is 14.7 Å². The van der Waals surface area contributed by atoms with Gasteiger partial charge in [-0.15, -0.1) is 0 Å². The van der Waals surface area contributed by atoms with E-state index in [1.807, 2.05) is 0 Å². The predicted octanol–water partition coefficient (Wildman–Crippen LogP) is 4.15. The lowest BCUT2D eigenvalue weighted by atomic mass is 9.95. The first kappa shape index (κ1) is 24.5. The first-order valence-corrected chi connectivity index (χ1v) is 11.8. The Balaban J connectivity index is 1.70. The van der Waals surface area contributed by atoms with Crippen molar-refractivity contribution in [2.45, 2.75) is 12.5 Å². The summed E-state index contributed by atoms with van der Waals surface area (Å²) in [5.74, 6) is -1.05. The number of ether oxygens (including phenoxy) is 2. The second kappa shape index (κ2) is 10.8. The summed E-state index contributed by atoms with van der Waals surface area (Å²) in [5, 5.41) is 11.9. The summed E-state index contributed by atoms with van der Waals surface area (Å²) in [7, 11) is 1.54. The van der Waals surface area contributed by atoms with E-state index >= 15 is 0 Å². The van der Waals surface area contributed by atoms with Gasteiger partial charge >= 0.3 is 0 Å². The molecule has 2 aliphatic heterocycles. The number of hydrogen-bond donors (Lipinski definition) is 1. The van der Waals surface area contributed by atoms with Gasteiger partial charge in [0, 0.05) is 41.8 Å². The number of benzene rings is 2. The average molecular weight is 505 g/mol. The number of rotatable bonds is 7. The molecule has 0 aromatic heterocycles. The van der Waals surface area contributed by atoms with Crippen molar-refractivity contribution in [1.82, 2.24) is 9.80 Å². The molecule has 1 N–H and O–H groups in total. The SMILES string of the molecule is COc1ccc(/C(O)=C2/C(=O)C(=O)N(CCCN3CCOCC3)C2c2ccc(Cl)cc2Cl)cc1. The number of carbonyl (C=O) groups excluding carboxylic acids is 2. The molecule has 2 aromatic rings. The third-order valence-electron chi connectivity index (χ3n) is 6.14. The Morgan fingerprint density at radius 3 is 2.44 bits per heavy atom. The van der Waals surface area contributed by atoms with E-state index in [0.717, 1.165) is 19.6 Å². The first-order chi connectivity index (χ1) is 16.4. The van der Waals surface area contributed by atoms with E-state index in [1.54, 1.807) is 49.6 Å². The van der Waals surface area contributed by atoms with Gasteiger partial charge in [0.2, 0.25) is 0 Å². The molecule has 0 spiro atoms. The molecule has 2 fully saturated rings. The van der Waals surface area contributed by atoms with Crippen molar-refractivity contribution >= 4 is 40.7 Å². The lowest BCUT2D eigenvalue weighted by molar-refractivity contribution is -0.140. The second-order valence-corrected chi connectivity index (χ2v) is 9.04. The minimum Gasteiger partial charge on any atom is -0.507 e. The third-order valence-corrected chi connectivity index (χ3v) is 6.70. The number of methoxy groups -OCH3 is 1. The molecule has 0 bridgehead atoms. The summed E-state index contributed by atoms with van der Waals surface area (Å²) < 4.78 is 10.6. The highest BCUT2D eigenvalue weighted by molar-refractivity contribution is 6.47. The zero-order valence-electron chi connectivity index (χ0n) is 18.8. The Morgan fingerprint density at radius 1 is 1.09 bits per heavy atom. The minimum absolute atomic E-state index is 0.00533. The van der Waals surface area contributed by atoms with Crippen LogP contribution in [0.2, 0.25) is 10.0 Å². The molecule has 2 heterocycles. The van der Waals surface area contributed by atoms with Gasteiger partial charge in [-0.25, -0.2) is 0 Å². The first-order valence-electron chi connectivity index (χ1n) is 11.1. The fourth-order valence-electron chi connectivity index (χ4n) is 4.35. The Morgan fingerprint density at radius 2 is 1.79 bits per heavy atom. The highest BCUT2D eigenvalue weighted by Crippen LogP contribution is 2.42. The summed E-state index contributed by atoms with van der Waals surface area (Å²) >= 11 is 12.6. The Bertz CT molecular complexity index is 1100. The number of halogens is 2. The number of Topliss-reactive ketones (excluding diaryl/α,β-unsaturated/α-hetero) is 1. The highest BCUT2D eigenvalue weighted by Gasteiger charge is 2.46. The number of aliphatic hydroxyl groups excluding tert-OH is 1.